The van der Waals surface area contributed by atoms with E-state index < -0.39 is 5.97 Å². The fourth-order valence-corrected chi connectivity index (χ4v) is 1.65. The molecule has 7 heteroatoms. The highest BCUT2D eigenvalue weighted by atomic mass is 35.5. The van der Waals surface area contributed by atoms with Crippen molar-refractivity contribution >= 4 is 17.6 Å². The predicted molar refractivity (Wildman–Crippen MR) is 64.3 cm³/mol. The molecule has 1 aromatic carbocycles. The van der Waals surface area contributed by atoms with E-state index in [0.717, 1.165) is 0 Å². The van der Waals surface area contributed by atoms with E-state index >= 15 is 0 Å². The molecule has 2 aromatic rings. The van der Waals surface area contributed by atoms with E-state index in [1.165, 1.54) is 10.9 Å². The number of ether oxygens (including phenoxy) is 1. The molecule has 0 amide bonds. The largest absolute Gasteiger partial charge is 0.497 e. The van der Waals surface area contributed by atoms with Crippen molar-refractivity contribution in [3.8, 4) is 11.4 Å². The maximum atomic E-state index is 10.6. The molecule has 0 spiro atoms. The molecule has 1 N–H and O–H groups in total. The summed E-state index contributed by atoms with van der Waals surface area (Å²) in [7, 11) is 1.55. The van der Waals surface area contributed by atoms with Gasteiger partial charge in [0.15, 0.2) is 0 Å². The first-order valence-corrected chi connectivity index (χ1v) is 5.45. The molecule has 94 valence electrons. The standard InChI is InChI=1S/C11H10ClN3O3/c1-18-8-2-3-9(12)10(5-8)15-6-7(13-14-15)4-11(16)17/h2-3,5-6H,4H2,1H3,(H,16,17). The van der Waals surface area contributed by atoms with E-state index in [4.69, 9.17) is 21.4 Å². The summed E-state index contributed by atoms with van der Waals surface area (Å²) in [6.07, 6.45) is 1.34. The quantitative estimate of drug-likeness (QED) is 0.909. The number of carboxylic acid groups (broad SMARTS) is 1. The van der Waals surface area contributed by atoms with Gasteiger partial charge in [0.2, 0.25) is 0 Å². The number of hydrogen-bond acceptors (Lipinski definition) is 4. The van der Waals surface area contributed by atoms with Gasteiger partial charge in [0.05, 0.1) is 36.1 Å². The second-order valence-electron chi connectivity index (χ2n) is 3.54. The first kappa shape index (κ1) is 12.4. The van der Waals surface area contributed by atoms with Gasteiger partial charge in [-0.15, -0.1) is 5.10 Å². The van der Waals surface area contributed by atoms with Crippen molar-refractivity contribution in [2.45, 2.75) is 6.42 Å². The molecular weight excluding hydrogens is 258 g/mol. The lowest BCUT2D eigenvalue weighted by atomic mass is 10.3. The van der Waals surface area contributed by atoms with E-state index in [1.807, 2.05) is 0 Å². The van der Waals surface area contributed by atoms with Gasteiger partial charge in [0.25, 0.3) is 0 Å². The number of halogens is 1. The lowest BCUT2D eigenvalue weighted by Gasteiger charge is -2.05. The third-order valence-corrected chi connectivity index (χ3v) is 2.59. The number of carbonyl (C=O) groups is 1. The molecule has 0 aliphatic carbocycles. The van der Waals surface area contributed by atoms with Crippen molar-refractivity contribution in [1.29, 1.82) is 0 Å². The molecule has 0 fully saturated rings. The Kier molecular flexibility index (Phi) is 3.47. The van der Waals surface area contributed by atoms with Gasteiger partial charge in [-0.05, 0) is 12.1 Å². The third kappa shape index (κ3) is 2.60. The Balaban J connectivity index is 2.36. The maximum absolute atomic E-state index is 10.6. The Labute approximate surface area is 108 Å². The summed E-state index contributed by atoms with van der Waals surface area (Å²) >= 11 is 6.04. The van der Waals surface area contributed by atoms with Crippen LogP contribution in [0.3, 0.4) is 0 Å². The second-order valence-corrected chi connectivity index (χ2v) is 3.95. The fourth-order valence-electron chi connectivity index (χ4n) is 1.45. The summed E-state index contributed by atoms with van der Waals surface area (Å²) in [5.41, 5.74) is 0.946. The molecule has 18 heavy (non-hydrogen) atoms. The number of rotatable bonds is 4. The molecule has 0 saturated heterocycles. The average molecular weight is 268 g/mol. The molecule has 0 aliphatic heterocycles. The van der Waals surface area contributed by atoms with Crippen molar-refractivity contribution < 1.29 is 14.6 Å². The predicted octanol–water partition coefficient (Wildman–Crippen LogP) is 1.56. The zero-order valence-corrected chi connectivity index (χ0v) is 10.3. The zero-order chi connectivity index (χ0) is 13.1. The van der Waals surface area contributed by atoms with Crippen LogP contribution in [-0.2, 0) is 11.2 Å². The lowest BCUT2D eigenvalue weighted by Crippen LogP contribution is -2.00. The van der Waals surface area contributed by atoms with Gasteiger partial charge in [0.1, 0.15) is 5.75 Å². The Morgan fingerprint density at radius 1 is 1.56 bits per heavy atom. The van der Waals surface area contributed by atoms with Gasteiger partial charge >= 0.3 is 5.97 Å². The highest BCUT2D eigenvalue weighted by Crippen LogP contribution is 2.24. The van der Waals surface area contributed by atoms with Crippen LogP contribution >= 0.6 is 11.6 Å². The van der Waals surface area contributed by atoms with Crippen LogP contribution in [-0.4, -0.2) is 33.2 Å². The Bertz CT molecular complexity index is 583. The van der Waals surface area contributed by atoms with Crippen molar-refractivity contribution in [3.05, 3.63) is 35.1 Å². The minimum Gasteiger partial charge on any atom is -0.497 e. The third-order valence-electron chi connectivity index (χ3n) is 2.27. The number of aromatic nitrogens is 3. The van der Waals surface area contributed by atoms with Crippen LogP contribution in [0.1, 0.15) is 5.69 Å². The normalized spacial score (nSPS) is 10.3. The number of aliphatic carboxylic acids is 1. The van der Waals surface area contributed by atoms with Crippen LogP contribution in [0.2, 0.25) is 5.02 Å². The van der Waals surface area contributed by atoms with Gasteiger partial charge in [-0.1, -0.05) is 16.8 Å². The average Bonchev–Trinajstić information content (AvgIpc) is 2.77. The van der Waals surface area contributed by atoms with Crippen molar-refractivity contribution in [2.24, 2.45) is 0 Å². The van der Waals surface area contributed by atoms with Crippen molar-refractivity contribution in [2.75, 3.05) is 7.11 Å². The number of benzene rings is 1. The van der Waals surface area contributed by atoms with E-state index in [1.54, 1.807) is 25.3 Å². The van der Waals surface area contributed by atoms with Gasteiger partial charge in [-0.2, -0.15) is 0 Å². The Morgan fingerprint density at radius 3 is 3.00 bits per heavy atom. The molecule has 1 heterocycles. The van der Waals surface area contributed by atoms with Crippen LogP contribution in [0.15, 0.2) is 24.4 Å². The smallest absolute Gasteiger partial charge is 0.309 e. The number of nitrogens with zero attached hydrogens (tertiary/aromatic N) is 3. The van der Waals surface area contributed by atoms with Gasteiger partial charge in [-0.25, -0.2) is 4.68 Å². The summed E-state index contributed by atoms with van der Waals surface area (Å²) in [6.45, 7) is 0. The van der Waals surface area contributed by atoms with Crippen molar-refractivity contribution in [3.63, 3.8) is 0 Å². The van der Waals surface area contributed by atoms with E-state index in [0.29, 0.717) is 22.2 Å². The molecular formula is C11H10ClN3O3. The maximum Gasteiger partial charge on any atom is 0.309 e. The fraction of sp³-hybridized carbons (Fsp3) is 0.182. The topological polar surface area (TPSA) is 77.2 Å². The highest BCUT2D eigenvalue weighted by Gasteiger charge is 2.10. The summed E-state index contributed by atoms with van der Waals surface area (Å²) in [4.78, 5) is 10.6. The second kappa shape index (κ2) is 5.05. The lowest BCUT2D eigenvalue weighted by molar-refractivity contribution is -0.136. The molecule has 0 saturated carbocycles. The van der Waals surface area contributed by atoms with Crippen molar-refractivity contribution in [1.82, 2.24) is 15.0 Å². The summed E-state index contributed by atoms with van der Waals surface area (Å²) in [5.74, 6) is -0.330. The SMILES string of the molecule is COc1ccc(Cl)c(-n2cc(CC(=O)O)nn2)c1. The van der Waals surface area contributed by atoms with Crippen LogP contribution < -0.4 is 4.74 Å². The van der Waals surface area contributed by atoms with Crippen LogP contribution in [0.25, 0.3) is 5.69 Å². The molecule has 0 bridgehead atoms. The Hall–Kier alpha value is -2.08. The van der Waals surface area contributed by atoms with E-state index in [-0.39, 0.29) is 6.42 Å². The molecule has 6 nitrogen and oxygen atoms in total. The minimum atomic E-state index is -0.959. The summed E-state index contributed by atoms with van der Waals surface area (Å²) < 4.78 is 6.51. The highest BCUT2D eigenvalue weighted by molar-refractivity contribution is 6.32. The number of methoxy groups -OCH3 is 1. The van der Waals surface area contributed by atoms with Gasteiger partial charge in [-0.3, -0.25) is 4.79 Å². The molecule has 2 rings (SSSR count). The van der Waals surface area contributed by atoms with Gasteiger partial charge in [0, 0.05) is 6.07 Å². The summed E-state index contributed by atoms with van der Waals surface area (Å²) in [6, 6.07) is 5.09. The molecule has 0 atom stereocenters. The minimum absolute atomic E-state index is 0.179. The summed E-state index contributed by atoms with van der Waals surface area (Å²) in [5, 5.41) is 16.7. The monoisotopic (exact) mass is 267 g/mol. The first-order valence-electron chi connectivity index (χ1n) is 5.07. The first-order chi connectivity index (χ1) is 8.60. The molecule has 0 radical (unpaired) electrons. The van der Waals surface area contributed by atoms with Crippen LogP contribution in [0, 0.1) is 0 Å². The van der Waals surface area contributed by atoms with Crippen LogP contribution in [0.4, 0.5) is 0 Å². The Morgan fingerprint density at radius 2 is 2.33 bits per heavy atom. The molecule has 0 unspecified atom stereocenters. The molecule has 0 aliphatic rings. The molecule has 1 aromatic heterocycles. The van der Waals surface area contributed by atoms with Crippen LogP contribution in [0.5, 0.6) is 5.75 Å². The number of hydrogen-bond donors (Lipinski definition) is 1. The van der Waals surface area contributed by atoms with E-state index in [2.05, 4.69) is 10.3 Å². The van der Waals surface area contributed by atoms with Gasteiger partial charge < -0.3 is 9.84 Å². The number of carboxylic acids is 1. The zero-order valence-electron chi connectivity index (χ0n) is 9.50. The van der Waals surface area contributed by atoms with E-state index in [9.17, 15) is 4.79 Å².